The van der Waals surface area contributed by atoms with Gasteiger partial charge in [0.05, 0.1) is 0 Å². The minimum Gasteiger partial charge on any atom is -0.393 e. The van der Waals surface area contributed by atoms with Gasteiger partial charge in [-0.05, 0) is 106 Å². The van der Waals surface area contributed by atoms with Crippen molar-refractivity contribution < 1.29 is 0 Å². The van der Waals surface area contributed by atoms with Gasteiger partial charge in [0.1, 0.15) is 5.69 Å². The molecule has 0 amide bonds. The van der Waals surface area contributed by atoms with Crippen LogP contribution >= 0.6 is 0 Å². The quantitative estimate of drug-likeness (QED) is 0.298. The zero-order chi connectivity index (χ0) is 27.9. The Hall–Kier alpha value is -2.47. The second kappa shape index (κ2) is 11.1. The fourth-order valence-electron chi connectivity index (χ4n) is 9.30. The fraction of sp³-hybridized carbons (Fsp3) is 0.676. The van der Waals surface area contributed by atoms with E-state index in [2.05, 4.69) is 57.8 Å². The summed E-state index contributed by atoms with van der Waals surface area (Å²) in [6, 6.07) is 8.32. The maximum atomic E-state index is 8.23. The van der Waals surface area contributed by atoms with E-state index in [9.17, 15) is 0 Å². The smallest absolute Gasteiger partial charge is 0.156 e. The molecule has 2 aromatic rings. The van der Waals surface area contributed by atoms with Crippen molar-refractivity contribution in [1.82, 2.24) is 20.4 Å². The average molecular weight is 543 g/mol. The number of likely N-dealkylation sites (tertiary alicyclic amines) is 1. The number of aromatic nitrogens is 2. The van der Waals surface area contributed by atoms with Crippen molar-refractivity contribution in [2.45, 2.75) is 78.6 Å². The van der Waals surface area contributed by atoms with Crippen molar-refractivity contribution in [3.05, 3.63) is 36.2 Å². The normalized spacial score (nSPS) is 31.8. The molecular weight excluding hydrogens is 492 g/mol. The highest BCUT2D eigenvalue weighted by Crippen LogP contribution is 2.60. The predicted octanol–water partition coefficient (Wildman–Crippen LogP) is 6.99. The zero-order valence-electron chi connectivity index (χ0n) is 25.2. The van der Waals surface area contributed by atoms with Crippen molar-refractivity contribution in [3.8, 4) is 0 Å². The van der Waals surface area contributed by atoms with Gasteiger partial charge in [-0.3, -0.25) is 0 Å². The third kappa shape index (κ3) is 5.41. The second-order valence-corrected chi connectivity index (χ2v) is 14.2. The first-order valence-corrected chi connectivity index (χ1v) is 16.0. The Morgan fingerprint density at radius 2 is 1.85 bits per heavy atom. The number of nitrogens with zero attached hydrogens (tertiary/aromatic N) is 3. The molecule has 1 aliphatic heterocycles. The highest BCUT2D eigenvalue weighted by Gasteiger charge is 2.55. The fourth-order valence-corrected chi connectivity index (χ4v) is 9.30. The summed E-state index contributed by atoms with van der Waals surface area (Å²) in [4.78, 5) is 2.86. The van der Waals surface area contributed by atoms with Crippen LogP contribution in [0, 0.1) is 39.9 Å². The Labute approximate surface area is 241 Å². The molecule has 3 N–H and O–H groups in total. The van der Waals surface area contributed by atoms with Gasteiger partial charge in [0.25, 0.3) is 0 Å². The first-order valence-electron chi connectivity index (χ1n) is 16.0. The van der Waals surface area contributed by atoms with E-state index in [-0.39, 0.29) is 0 Å². The summed E-state index contributed by atoms with van der Waals surface area (Å²) in [5.41, 5.74) is 3.15. The lowest BCUT2D eigenvalue weighted by Gasteiger charge is -2.53. The van der Waals surface area contributed by atoms with Crippen LogP contribution in [0.25, 0.3) is 16.3 Å². The van der Waals surface area contributed by atoms with Crippen molar-refractivity contribution in [2.24, 2.45) is 34.5 Å². The van der Waals surface area contributed by atoms with Crippen molar-refractivity contribution in [2.75, 3.05) is 38.5 Å². The molecule has 216 valence electrons. The maximum Gasteiger partial charge on any atom is 0.156 e. The Morgan fingerprint density at radius 3 is 2.58 bits per heavy atom. The molecule has 1 saturated heterocycles. The number of hydrogen-bond acceptors (Lipinski definition) is 6. The van der Waals surface area contributed by atoms with Gasteiger partial charge in [-0.15, -0.1) is 10.2 Å². The van der Waals surface area contributed by atoms with E-state index < -0.39 is 0 Å². The van der Waals surface area contributed by atoms with Crippen molar-refractivity contribution in [1.29, 1.82) is 5.41 Å². The van der Waals surface area contributed by atoms with E-state index >= 15 is 0 Å². The molecule has 1 aromatic heterocycles. The largest absolute Gasteiger partial charge is 0.393 e. The first kappa shape index (κ1) is 27.7. The number of benzene rings is 1. The standard InChI is InChI=1S/C34H50N6/c1-5-25-15-26-14-23(2)16-33(17-25,18-26)22-40-12-10-34(11-13-40)19-27(34)20-37-32-29-9-7-6-8-28(29)31(38-39-32)30(21-36-4)24(3)35/h6-9,21,23,25-27,35-36H,5,10-20,22H2,1-4H3,(H,37,39)/b30-21+,35-24?. The molecular formula is C34H50N6. The third-order valence-electron chi connectivity index (χ3n) is 11.1. The Morgan fingerprint density at radius 1 is 1.07 bits per heavy atom. The topological polar surface area (TPSA) is 76.9 Å². The van der Waals surface area contributed by atoms with Crippen LogP contribution in [0.15, 0.2) is 30.5 Å². The summed E-state index contributed by atoms with van der Waals surface area (Å²) in [6.07, 6.45) is 14.7. The van der Waals surface area contributed by atoms with Gasteiger partial charge in [0.15, 0.2) is 5.82 Å². The van der Waals surface area contributed by atoms with Gasteiger partial charge in [-0.1, -0.05) is 44.5 Å². The van der Waals surface area contributed by atoms with Crippen LogP contribution < -0.4 is 10.6 Å². The van der Waals surface area contributed by atoms with E-state index in [0.717, 1.165) is 58.1 Å². The minimum absolute atomic E-state index is 0.479. The number of fused-ring (bicyclic) bond motifs is 3. The molecule has 6 rings (SSSR count). The summed E-state index contributed by atoms with van der Waals surface area (Å²) in [5.74, 6) is 4.48. The number of rotatable bonds is 9. The van der Waals surface area contributed by atoms with Crippen molar-refractivity contribution >= 4 is 27.9 Å². The molecule has 3 saturated carbocycles. The maximum absolute atomic E-state index is 8.23. The molecule has 5 unspecified atom stereocenters. The lowest BCUT2D eigenvalue weighted by Crippen LogP contribution is -2.49. The van der Waals surface area contributed by atoms with E-state index in [0.29, 0.717) is 16.5 Å². The molecule has 40 heavy (non-hydrogen) atoms. The van der Waals surface area contributed by atoms with E-state index in [1.165, 1.54) is 77.4 Å². The summed E-state index contributed by atoms with van der Waals surface area (Å²) < 4.78 is 0. The lowest BCUT2D eigenvalue weighted by atomic mass is 9.56. The lowest BCUT2D eigenvalue weighted by molar-refractivity contribution is -0.0223. The molecule has 2 bridgehead atoms. The minimum atomic E-state index is 0.479. The number of piperidine rings is 1. The van der Waals surface area contributed by atoms with E-state index in [4.69, 9.17) is 5.41 Å². The molecule has 3 aliphatic carbocycles. The number of nitrogens with one attached hydrogen (secondary N) is 3. The van der Waals surface area contributed by atoms with Crippen LogP contribution in [0.5, 0.6) is 0 Å². The van der Waals surface area contributed by atoms with Gasteiger partial charge in [0, 0.05) is 48.4 Å². The number of allylic oxidation sites excluding steroid dienone is 1. The Bertz CT molecular complexity index is 1260. The van der Waals surface area contributed by atoms with Gasteiger partial charge >= 0.3 is 0 Å². The first-order chi connectivity index (χ1) is 19.3. The highest BCUT2D eigenvalue weighted by molar-refractivity contribution is 6.23. The SMILES string of the molecule is CCC1CC2CC(C)CC(CN3CCC4(CC3)CC4CNc3nnc(/C(=C/NC)C(C)=N)c4ccccc34)(C1)C2. The second-order valence-electron chi connectivity index (χ2n) is 14.2. The molecule has 6 heteroatoms. The molecule has 4 fully saturated rings. The molecule has 4 aliphatic rings. The van der Waals surface area contributed by atoms with Crippen LogP contribution in [-0.2, 0) is 0 Å². The summed E-state index contributed by atoms with van der Waals surface area (Å²) in [5, 5.41) is 26.3. The highest BCUT2D eigenvalue weighted by atomic mass is 15.2. The Balaban J connectivity index is 1.07. The number of hydrogen-bond donors (Lipinski definition) is 3. The van der Waals surface area contributed by atoms with Crippen LogP contribution in [0.2, 0.25) is 0 Å². The van der Waals surface area contributed by atoms with Crippen molar-refractivity contribution in [3.63, 3.8) is 0 Å². The van der Waals surface area contributed by atoms with E-state index in [1.807, 2.05) is 19.3 Å². The molecule has 6 nitrogen and oxygen atoms in total. The molecule has 1 aromatic carbocycles. The van der Waals surface area contributed by atoms with Gasteiger partial charge < -0.3 is 20.9 Å². The summed E-state index contributed by atoms with van der Waals surface area (Å²) in [7, 11) is 1.85. The summed E-state index contributed by atoms with van der Waals surface area (Å²) >= 11 is 0. The van der Waals surface area contributed by atoms with Gasteiger partial charge in [0.2, 0.25) is 0 Å². The summed E-state index contributed by atoms with van der Waals surface area (Å²) in [6.45, 7) is 11.6. The van der Waals surface area contributed by atoms with Crippen LogP contribution in [0.1, 0.15) is 84.3 Å². The molecule has 0 radical (unpaired) electrons. The molecule has 1 spiro atoms. The Kier molecular flexibility index (Phi) is 7.67. The molecule has 5 atom stereocenters. The average Bonchev–Trinajstić information content (AvgIpc) is 3.62. The molecule has 2 heterocycles. The van der Waals surface area contributed by atoms with Crippen LogP contribution in [0.4, 0.5) is 5.82 Å². The zero-order valence-corrected chi connectivity index (χ0v) is 25.2. The third-order valence-corrected chi connectivity index (χ3v) is 11.1. The predicted molar refractivity (Wildman–Crippen MR) is 167 cm³/mol. The monoisotopic (exact) mass is 542 g/mol. The van der Waals surface area contributed by atoms with E-state index in [1.54, 1.807) is 6.92 Å². The van der Waals surface area contributed by atoms with Gasteiger partial charge in [-0.2, -0.15) is 0 Å². The van der Waals surface area contributed by atoms with Crippen LogP contribution in [0.3, 0.4) is 0 Å². The van der Waals surface area contributed by atoms with Gasteiger partial charge in [-0.25, -0.2) is 0 Å². The van der Waals surface area contributed by atoms with Crippen LogP contribution in [-0.4, -0.2) is 54.0 Å². The number of anilines is 1.